The highest BCUT2D eigenvalue weighted by Gasteiger charge is 2.36. The summed E-state index contributed by atoms with van der Waals surface area (Å²) in [6, 6.07) is 33.9. The predicted octanol–water partition coefficient (Wildman–Crippen LogP) is 10.3. The number of nitrogens with zero attached hydrogens (tertiary/aromatic N) is 2. The molecule has 0 saturated heterocycles. The topological polar surface area (TPSA) is 74.8 Å². The maximum atomic E-state index is 13.9. The molecule has 6 aromatic rings. The SMILES string of the molecule is O=C1c2cccc3c(C#Cc4ccc5c6c(cccc46)C(=O)N(c4ccc(C6CCCC6)cc4)C5=O)ccc(c23)C(=O)N1c1ccc(C2CCCC2)cc1. The van der Waals surface area contributed by atoms with Crippen molar-refractivity contribution in [3.63, 3.8) is 0 Å². The van der Waals surface area contributed by atoms with Crippen molar-refractivity contribution in [2.45, 2.75) is 63.2 Å². The first-order valence-corrected chi connectivity index (χ1v) is 19.1. The van der Waals surface area contributed by atoms with E-state index in [1.807, 2.05) is 60.7 Å². The van der Waals surface area contributed by atoms with Crippen LogP contribution in [0.1, 0.15) is 127 Å². The number of benzene rings is 6. The van der Waals surface area contributed by atoms with Gasteiger partial charge in [0.25, 0.3) is 23.6 Å². The molecule has 6 aromatic carbocycles. The van der Waals surface area contributed by atoms with Crippen molar-refractivity contribution in [3.8, 4) is 11.8 Å². The quantitative estimate of drug-likeness (QED) is 0.135. The monoisotopic (exact) mass is 704 g/mol. The van der Waals surface area contributed by atoms with Gasteiger partial charge in [-0.3, -0.25) is 19.2 Å². The normalized spacial score (nSPS) is 17.2. The second-order valence-electron chi connectivity index (χ2n) is 15.1. The minimum absolute atomic E-state index is 0.353. The number of rotatable bonds is 4. The summed E-state index contributed by atoms with van der Waals surface area (Å²) in [5.41, 5.74) is 6.84. The van der Waals surface area contributed by atoms with E-state index in [9.17, 15) is 19.2 Å². The zero-order valence-corrected chi connectivity index (χ0v) is 29.7. The van der Waals surface area contributed by atoms with Crippen molar-refractivity contribution in [2.24, 2.45) is 0 Å². The molecule has 2 aliphatic heterocycles. The van der Waals surface area contributed by atoms with E-state index >= 15 is 0 Å². The lowest BCUT2D eigenvalue weighted by Crippen LogP contribution is -2.40. The minimum Gasteiger partial charge on any atom is -0.268 e. The molecule has 2 saturated carbocycles. The highest BCUT2D eigenvalue weighted by Crippen LogP contribution is 2.39. The van der Waals surface area contributed by atoms with Crippen molar-refractivity contribution in [3.05, 3.63) is 154 Å². The summed E-state index contributed by atoms with van der Waals surface area (Å²) in [5.74, 6) is 6.27. The Morgan fingerprint density at radius 2 is 0.759 bits per heavy atom. The summed E-state index contributed by atoms with van der Waals surface area (Å²) in [4.78, 5) is 58.3. The number of hydrogen-bond acceptors (Lipinski definition) is 4. The van der Waals surface area contributed by atoms with Gasteiger partial charge in [0.2, 0.25) is 0 Å². The van der Waals surface area contributed by atoms with E-state index in [1.54, 1.807) is 24.3 Å². The summed E-state index contributed by atoms with van der Waals surface area (Å²) in [6.45, 7) is 0. The fourth-order valence-corrected chi connectivity index (χ4v) is 9.32. The van der Waals surface area contributed by atoms with Crippen LogP contribution < -0.4 is 9.80 Å². The standard InChI is InChI=1S/C48H36N2O4/c51-45-39-13-5-11-37-33(21-27-41(43(37)39)47(53)49(45)35-23-17-31(18-24-35)29-7-1-2-8-29)15-16-34-22-28-42-44-38(34)12-6-14-40(44)46(52)50(48(42)54)36-25-19-32(20-26-36)30-9-3-4-10-30/h5-6,11-14,17-30H,1-4,7-10H2. The molecule has 2 aliphatic carbocycles. The third kappa shape index (κ3) is 5.03. The molecule has 6 heteroatoms. The molecule has 0 atom stereocenters. The average Bonchev–Trinajstić information content (AvgIpc) is 3.95. The van der Waals surface area contributed by atoms with Gasteiger partial charge in [0.1, 0.15) is 0 Å². The van der Waals surface area contributed by atoms with E-state index in [1.165, 1.54) is 72.3 Å². The van der Waals surface area contributed by atoms with Crippen LogP contribution in [-0.2, 0) is 0 Å². The molecule has 0 unspecified atom stereocenters. The van der Waals surface area contributed by atoms with E-state index < -0.39 is 0 Å². The Bertz CT molecular complexity index is 2420. The number of amides is 4. The van der Waals surface area contributed by atoms with Gasteiger partial charge in [-0.2, -0.15) is 0 Å². The van der Waals surface area contributed by atoms with Crippen molar-refractivity contribution in [2.75, 3.05) is 9.80 Å². The zero-order valence-electron chi connectivity index (χ0n) is 29.7. The van der Waals surface area contributed by atoms with Crippen LogP contribution in [0.5, 0.6) is 0 Å². The van der Waals surface area contributed by atoms with Crippen LogP contribution in [0.2, 0.25) is 0 Å². The molecule has 0 spiro atoms. The summed E-state index contributed by atoms with van der Waals surface area (Å²) in [6.07, 6.45) is 9.67. The fraction of sp³-hybridized carbons (Fsp3) is 0.208. The van der Waals surface area contributed by atoms with Crippen molar-refractivity contribution in [1.82, 2.24) is 0 Å². The minimum atomic E-state index is -0.353. The molecule has 0 aromatic heterocycles. The summed E-state index contributed by atoms with van der Waals surface area (Å²) in [5, 5.41) is 2.64. The van der Waals surface area contributed by atoms with Crippen molar-refractivity contribution < 1.29 is 19.2 Å². The van der Waals surface area contributed by atoms with Gasteiger partial charge in [-0.05, 0) is 120 Å². The largest absolute Gasteiger partial charge is 0.268 e. The smallest absolute Gasteiger partial charge is 0.265 e. The zero-order chi connectivity index (χ0) is 36.5. The van der Waals surface area contributed by atoms with Gasteiger partial charge < -0.3 is 0 Å². The Morgan fingerprint density at radius 1 is 0.407 bits per heavy atom. The first-order chi connectivity index (χ1) is 26.5. The summed E-state index contributed by atoms with van der Waals surface area (Å²) < 4.78 is 0. The lowest BCUT2D eigenvalue weighted by Gasteiger charge is -2.28. The van der Waals surface area contributed by atoms with Gasteiger partial charge in [-0.25, -0.2) is 9.80 Å². The second-order valence-corrected chi connectivity index (χ2v) is 15.1. The lowest BCUT2D eigenvalue weighted by molar-refractivity contribution is 0.0877. The van der Waals surface area contributed by atoms with E-state index in [2.05, 4.69) is 36.1 Å². The molecule has 262 valence electrons. The molecule has 0 radical (unpaired) electrons. The first kappa shape index (κ1) is 32.3. The molecule has 0 N–H and O–H groups in total. The number of carbonyl (C=O) groups is 4. The highest BCUT2D eigenvalue weighted by atomic mass is 16.2. The van der Waals surface area contributed by atoms with Crippen LogP contribution >= 0.6 is 0 Å². The molecule has 0 bridgehead atoms. The first-order valence-electron chi connectivity index (χ1n) is 19.1. The fourth-order valence-electron chi connectivity index (χ4n) is 9.32. The van der Waals surface area contributed by atoms with E-state index in [-0.39, 0.29) is 23.6 Å². The van der Waals surface area contributed by atoms with Gasteiger partial charge in [0, 0.05) is 44.2 Å². The number of carbonyl (C=O) groups excluding carboxylic acids is 4. The molecule has 2 heterocycles. The van der Waals surface area contributed by atoms with E-state index in [0.29, 0.717) is 67.4 Å². The van der Waals surface area contributed by atoms with Gasteiger partial charge in [-0.15, -0.1) is 0 Å². The molecule has 2 fully saturated rings. The Morgan fingerprint density at radius 3 is 1.13 bits per heavy atom. The van der Waals surface area contributed by atoms with E-state index in [4.69, 9.17) is 0 Å². The second kappa shape index (κ2) is 12.7. The van der Waals surface area contributed by atoms with Crippen LogP contribution in [0, 0.1) is 11.8 Å². The van der Waals surface area contributed by atoms with Gasteiger partial charge >= 0.3 is 0 Å². The van der Waals surface area contributed by atoms with Gasteiger partial charge in [0.05, 0.1) is 11.4 Å². The molecule has 54 heavy (non-hydrogen) atoms. The third-order valence-electron chi connectivity index (χ3n) is 12.1. The van der Waals surface area contributed by atoms with Crippen LogP contribution in [0.15, 0.2) is 109 Å². The van der Waals surface area contributed by atoms with E-state index in [0.717, 1.165) is 10.8 Å². The predicted molar refractivity (Wildman–Crippen MR) is 211 cm³/mol. The van der Waals surface area contributed by atoms with Crippen molar-refractivity contribution in [1.29, 1.82) is 0 Å². The van der Waals surface area contributed by atoms with Crippen LogP contribution in [-0.4, -0.2) is 23.6 Å². The number of imide groups is 2. The Labute approximate surface area is 313 Å². The number of hydrogen-bond donors (Lipinski definition) is 0. The van der Waals surface area contributed by atoms with Crippen molar-refractivity contribution >= 4 is 56.5 Å². The molecular weight excluding hydrogens is 669 g/mol. The Kier molecular flexibility index (Phi) is 7.59. The lowest BCUT2D eigenvalue weighted by atomic mass is 9.90. The van der Waals surface area contributed by atoms with Gasteiger partial charge in [0.15, 0.2) is 0 Å². The van der Waals surface area contributed by atoms with Crippen LogP contribution in [0.25, 0.3) is 21.5 Å². The maximum Gasteiger partial charge on any atom is 0.265 e. The summed E-state index contributed by atoms with van der Waals surface area (Å²) in [7, 11) is 0. The van der Waals surface area contributed by atoms with Crippen LogP contribution in [0.4, 0.5) is 11.4 Å². The molecule has 6 nitrogen and oxygen atoms in total. The van der Waals surface area contributed by atoms with Crippen LogP contribution in [0.3, 0.4) is 0 Å². The Balaban J connectivity index is 0.978. The average molecular weight is 705 g/mol. The molecule has 4 aliphatic rings. The molecule has 4 amide bonds. The maximum absolute atomic E-state index is 13.9. The molecular formula is C48H36N2O4. The Hall–Kier alpha value is -6.32. The number of anilines is 2. The highest BCUT2D eigenvalue weighted by molar-refractivity contribution is 6.37. The third-order valence-corrected chi connectivity index (χ3v) is 12.1. The van der Waals surface area contributed by atoms with Gasteiger partial charge in [-0.1, -0.05) is 86.1 Å². The molecule has 10 rings (SSSR count). The summed E-state index contributed by atoms with van der Waals surface area (Å²) >= 11 is 0.